The molecule has 0 fully saturated rings. The monoisotopic (exact) mass is 313 g/mol. The molecular weight excluding hydrogens is 297 g/mol. The van der Waals surface area contributed by atoms with Gasteiger partial charge in [-0.25, -0.2) is 0 Å². The van der Waals surface area contributed by atoms with Gasteiger partial charge in [0.1, 0.15) is 6.10 Å². The van der Waals surface area contributed by atoms with Crippen LogP contribution >= 0.6 is 23.2 Å². The van der Waals surface area contributed by atoms with Crippen LogP contribution in [0.1, 0.15) is 43.8 Å². The predicted octanol–water partition coefficient (Wildman–Crippen LogP) is 3.83. The molecule has 0 spiro atoms. The summed E-state index contributed by atoms with van der Waals surface area (Å²) in [6, 6.07) is 3.82. The van der Waals surface area contributed by atoms with Crippen LogP contribution in [0.15, 0.2) is 24.5 Å². The van der Waals surface area contributed by atoms with Crippen molar-refractivity contribution in [2.45, 2.75) is 38.8 Å². The number of aliphatic hydroxyl groups is 1. The van der Waals surface area contributed by atoms with Gasteiger partial charge in [0.15, 0.2) is 0 Å². The Morgan fingerprint density at radius 3 is 2.80 bits per heavy atom. The highest BCUT2D eigenvalue weighted by Gasteiger charge is 2.16. The minimum Gasteiger partial charge on any atom is -0.386 e. The Morgan fingerprint density at radius 2 is 2.15 bits per heavy atom. The summed E-state index contributed by atoms with van der Waals surface area (Å²) in [5.74, 6) is 0. The molecule has 1 N–H and O–H groups in total. The maximum atomic E-state index is 10.2. The molecule has 0 saturated carbocycles. The molecular formula is C14H17Cl2N3O. The Kier molecular flexibility index (Phi) is 5.02. The van der Waals surface area contributed by atoms with Crippen LogP contribution in [0, 0.1) is 0 Å². The van der Waals surface area contributed by atoms with Gasteiger partial charge in [-0.05, 0) is 25.5 Å². The molecule has 0 aliphatic rings. The lowest BCUT2D eigenvalue weighted by atomic mass is 10.1. The predicted molar refractivity (Wildman–Crippen MR) is 80.1 cm³/mol. The summed E-state index contributed by atoms with van der Waals surface area (Å²) < 4.78 is 1.90. The van der Waals surface area contributed by atoms with E-state index >= 15 is 0 Å². The van der Waals surface area contributed by atoms with E-state index in [-0.39, 0.29) is 0 Å². The highest BCUT2D eigenvalue weighted by molar-refractivity contribution is 6.34. The number of nitrogens with zero attached hydrogens (tertiary/aromatic N) is 3. The van der Waals surface area contributed by atoms with Crippen LogP contribution in [0.4, 0.5) is 0 Å². The molecule has 0 bridgehead atoms. The smallest absolute Gasteiger partial charge is 0.103 e. The van der Waals surface area contributed by atoms with E-state index in [4.69, 9.17) is 23.2 Å². The maximum Gasteiger partial charge on any atom is 0.103 e. The third kappa shape index (κ3) is 3.51. The van der Waals surface area contributed by atoms with Crippen molar-refractivity contribution >= 4 is 23.2 Å². The molecule has 0 aromatic carbocycles. The summed E-state index contributed by atoms with van der Waals surface area (Å²) in [5, 5.41) is 15.5. The summed E-state index contributed by atoms with van der Waals surface area (Å²) in [6.07, 6.45) is 3.99. The first-order chi connectivity index (χ1) is 9.51. The number of pyridine rings is 1. The SMILES string of the molecule is CCC(C)n1ccc(CC(O)c2ncc(Cl)cc2Cl)n1. The number of hydrogen-bond donors (Lipinski definition) is 1. The molecule has 0 aliphatic carbocycles. The fraction of sp³-hybridized carbons (Fsp3) is 0.429. The summed E-state index contributed by atoms with van der Waals surface area (Å²) in [4.78, 5) is 4.08. The molecule has 0 aliphatic heterocycles. The summed E-state index contributed by atoms with van der Waals surface area (Å²) in [5.41, 5.74) is 1.24. The molecule has 0 radical (unpaired) electrons. The minimum absolute atomic E-state index is 0.345. The summed E-state index contributed by atoms with van der Waals surface area (Å²) in [6.45, 7) is 4.21. The highest BCUT2D eigenvalue weighted by atomic mass is 35.5. The van der Waals surface area contributed by atoms with Crippen LogP contribution in [0.25, 0.3) is 0 Å². The minimum atomic E-state index is -0.792. The van der Waals surface area contributed by atoms with Crippen LogP contribution in [0.5, 0.6) is 0 Å². The highest BCUT2D eigenvalue weighted by Crippen LogP contribution is 2.25. The van der Waals surface area contributed by atoms with Crippen molar-refractivity contribution in [2.24, 2.45) is 0 Å². The van der Waals surface area contributed by atoms with E-state index in [0.717, 1.165) is 12.1 Å². The lowest BCUT2D eigenvalue weighted by Crippen LogP contribution is -2.08. The molecule has 2 aromatic heterocycles. The Bertz CT molecular complexity index is 586. The van der Waals surface area contributed by atoms with Gasteiger partial charge in [0, 0.05) is 24.9 Å². The molecule has 20 heavy (non-hydrogen) atoms. The second kappa shape index (κ2) is 6.57. The van der Waals surface area contributed by atoms with E-state index in [9.17, 15) is 5.11 Å². The van der Waals surface area contributed by atoms with Gasteiger partial charge < -0.3 is 5.11 Å². The van der Waals surface area contributed by atoms with Crippen molar-refractivity contribution < 1.29 is 5.11 Å². The molecule has 0 saturated heterocycles. The second-order valence-electron chi connectivity index (χ2n) is 4.78. The lowest BCUT2D eigenvalue weighted by molar-refractivity contribution is 0.172. The largest absolute Gasteiger partial charge is 0.386 e. The third-order valence-corrected chi connectivity index (χ3v) is 3.77. The average Bonchev–Trinajstić information content (AvgIpc) is 2.86. The Balaban J connectivity index is 2.11. The van der Waals surface area contributed by atoms with Crippen LogP contribution in [-0.4, -0.2) is 19.9 Å². The van der Waals surface area contributed by atoms with Crippen molar-refractivity contribution in [3.8, 4) is 0 Å². The Labute approximate surface area is 128 Å². The zero-order valence-corrected chi connectivity index (χ0v) is 12.9. The fourth-order valence-electron chi connectivity index (χ4n) is 1.88. The van der Waals surface area contributed by atoms with Crippen molar-refractivity contribution in [3.05, 3.63) is 46.0 Å². The van der Waals surface area contributed by atoms with E-state index in [0.29, 0.717) is 28.2 Å². The first-order valence-electron chi connectivity index (χ1n) is 6.54. The molecule has 2 aromatic rings. The molecule has 4 nitrogen and oxygen atoms in total. The quantitative estimate of drug-likeness (QED) is 0.912. The van der Waals surface area contributed by atoms with Crippen molar-refractivity contribution in [2.75, 3.05) is 0 Å². The van der Waals surface area contributed by atoms with E-state index < -0.39 is 6.10 Å². The second-order valence-corrected chi connectivity index (χ2v) is 5.63. The van der Waals surface area contributed by atoms with Gasteiger partial charge >= 0.3 is 0 Å². The van der Waals surface area contributed by atoms with Crippen LogP contribution in [0.3, 0.4) is 0 Å². The standard InChI is InChI=1S/C14H17Cl2N3O/c1-3-9(2)19-5-4-11(18-19)7-13(20)14-12(16)6-10(15)8-17-14/h4-6,8-9,13,20H,3,7H2,1-2H3. The zero-order chi connectivity index (χ0) is 14.7. The van der Waals surface area contributed by atoms with Crippen molar-refractivity contribution in [1.29, 1.82) is 0 Å². The Morgan fingerprint density at radius 1 is 1.40 bits per heavy atom. The first kappa shape index (κ1) is 15.3. The number of aliphatic hydroxyl groups excluding tert-OH is 1. The Hall–Kier alpha value is -1.10. The maximum absolute atomic E-state index is 10.2. The number of aromatic nitrogens is 3. The van der Waals surface area contributed by atoms with E-state index in [1.54, 1.807) is 6.07 Å². The van der Waals surface area contributed by atoms with E-state index in [1.165, 1.54) is 6.20 Å². The van der Waals surface area contributed by atoms with Gasteiger partial charge in [0.2, 0.25) is 0 Å². The van der Waals surface area contributed by atoms with Crippen LogP contribution in [-0.2, 0) is 6.42 Å². The molecule has 2 heterocycles. The molecule has 108 valence electrons. The number of hydrogen-bond acceptors (Lipinski definition) is 3. The molecule has 2 rings (SSSR count). The van der Waals surface area contributed by atoms with E-state index in [1.807, 2.05) is 16.9 Å². The summed E-state index contributed by atoms with van der Waals surface area (Å²) >= 11 is 11.8. The molecule has 6 heteroatoms. The average molecular weight is 314 g/mol. The van der Waals surface area contributed by atoms with Gasteiger partial charge in [-0.3, -0.25) is 9.67 Å². The first-order valence-corrected chi connectivity index (χ1v) is 7.30. The molecule has 0 amide bonds. The molecule has 2 atom stereocenters. The molecule has 2 unspecified atom stereocenters. The van der Waals surface area contributed by atoms with Gasteiger partial charge in [-0.15, -0.1) is 0 Å². The van der Waals surface area contributed by atoms with Crippen LogP contribution in [0.2, 0.25) is 10.0 Å². The van der Waals surface area contributed by atoms with Gasteiger partial charge in [-0.1, -0.05) is 30.1 Å². The third-order valence-electron chi connectivity index (χ3n) is 3.26. The summed E-state index contributed by atoms with van der Waals surface area (Å²) in [7, 11) is 0. The van der Waals surface area contributed by atoms with Crippen LogP contribution < -0.4 is 0 Å². The normalized spacial score (nSPS) is 14.2. The van der Waals surface area contributed by atoms with Crippen molar-refractivity contribution in [1.82, 2.24) is 14.8 Å². The van der Waals surface area contributed by atoms with Gasteiger partial charge in [0.05, 0.1) is 21.4 Å². The number of halogens is 2. The van der Waals surface area contributed by atoms with E-state index in [2.05, 4.69) is 23.9 Å². The van der Waals surface area contributed by atoms with Gasteiger partial charge in [-0.2, -0.15) is 5.10 Å². The van der Waals surface area contributed by atoms with Crippen molar-refractivity contribution in [3.63, 3.8) is 0 Å². The topological polar surface area (TPSA) is 50.9 Å². The zero-order valence-electron chi connectivity index (χ0n) is 11.4. The number of rotatable bonds is 5. The fourth-order valence-corrected chi connectivity index (χ4v) is 2.39. The van der Waals surface area contributed by atoms with Gasteiger partial charge in [0.25, 0.3) is 0 Å². The lowest BCUT2D eigenvalue weighted by Gasteiger charge is -2.11.